The molecular formula is C38H51NO8. The number of benzene rings is 2. The Labute approximate surface area is 278 Å². The Balaban J connectivity index is 0.000000849. The van der Waals surface area contributed by atoms with Crippen LogP contribution in [0.4, 0.5) is 0 Å². The topological polar surface area (TPSA) is 134 Å². The molecule has 2 N–H and O–H groups in total. The van der Waals surface area contributed by atoms with E-state index in [0.717, 1.165) is 32.2 Å². The molecule has 1 heterocycles. The first-order valence-electron chi connectivity index (χ1n) is 16.8. The number of fused-ring (bicyclic) bond motifs is 1. The molecule has 0 atom stereocenters. The Morgan fingerprint density at radius 3 is 1.85 bits per heavy atom. The Kier molecular flexibility index (Phi) is 17.2. The molecule has 0 aliphatic rings. The second-order valence-electron chi connectivity index (χ2n) is 11.9. The number of esters is 1. The molecule has 256 valence electrons. The Hall–Kier alpha value is -4.24. The maximum Gasteiger partial charge on any atom is 0.338 e. The maximum absolute atomic E-state index is 13.8. The molecule has 0 aliphatic carbocycles. The molecule has 3 aromatic rings. The summed E-state index contributed by atoms with van der Waals surface area (Å²) in [5.41, 5.74) is 3.50. The van der Waals surface area contributed by atoms with Crippen LogP contribution in [0, 0.1) is 0 Å². The molecule has 9 nitrogen and oxygen atoms in total. The van der Waals surface area contributed by atoms with Crippen molar-refractivity contribution in [1.82, 2.24) is 4.90 Å². The minimum Gasteiger partial charge on any atom is -0.478 e. The highest BCUT2D eigenvalue weighted by molar-refractivity contribution is 6.17. The fourth-order valence-corrected chi connectivity index (χ4v) is 5.04. The average molecular weight is 650 g/mol. The van der Waals surface area contributed by atoms with Gasteiger partial charge in [-0.3, -0.25) is 4.79 Å². The molecule has 0 saturated heterocycles. The molecule has 9 heteroatoms. The van der Waals surface area contributed by atoms with Crippen molar-refractivity contribution in [3.05, 3.63) is 82.6 Å². The lowest BCUT2D eigenvalue weighted by Crippen LogP contribution is -2.27. The Morgan fingerprint density at radius 2 is 1.32 bits per heavy atom. The maximum atomic E-state index is 13.8. The third kappa shape index (κ3) is 13.6. The Bertz CT molecular complexity index is 1440. The molecule has 0 radical (unpaired) electrons. The summed E-state index contributed by atoms with van der Waals surface area (Å²) >= 11 is 0. The molecular weight excluding hydrogens is 598 g/mol. The number of aryl methyl sites for hydroxylation is 2. The lowest BCUT2D eigenvalue weighted by Gasteiger charge is -2.21. The summed E-state index contributed by atoms with van der Waals surface area (Å²) in [6.07, 6.45) is 10.6. The van der Waals surface area contributed by atoms with E-state index in [1.807, 2.05) is 26.0 Å². The lowest BCUT2D eigenvalue weighted by molar-refractivity contribution is -0.134. The second kappa shape index (κ2) is 20.8. The van der Waals surface area contributed by atoms with Crippen molar-refractivity contribution >= 4 is 34.7 Å². The zero-order valence-electron chi connectivity index (χ0n) is 28.5. The van der Waals surface area contributed by atoms with Gasteiger partial charge in [0.05, 0.1) is 17.2 Å². The van der Waals surface area contributed by atoms with E-state index in [9.17, 15) is 19.2 Å². The number of carboxylic acid groups (broad SMARTS) is 2. The van der Waals surface area contributed by atoms with Gasteiger partial charge >= 0.3 is 17.9 Å². The summed E-state index contributed by atoms with van der Waals surface area (Å²) in [5.74, 6) is -2.28. The number of hydrogen-bond donors (Lipinski definition) is 2. The molecule has 0 aliphatic heterocycles. The van der Waals surface area contributed by atoms with Crippen molar-refractivity contribution in [2.75, 3.05) is 19.6 Å². The number of unbranched alkanes of at least 4 members (excludes halogenated alkanes) is 3. The van der Waals surface area contributed by atoms with Crippen LogP contribution in [0.15, 0.2) is 59.0 Å². The molecule has 0 bridgehead atoms. The average Bonchev–Trinajstić information content (AvgIpc) is 3.41. The number of ketones is 1. The van der Waals surface area contributed by atoms with E-state index in [-0.39, 0.29) is 11.9 Å². The summed E-state index contributed by atoms with van der Waals surface area (Å²) in [4.78, 5) is 48.1. The quantitative estimate of drug-likeness (QED) is 0.0750. The first-order chi connectivity index (χ1) is 22.5. The van der Waals surface area contributed by atoms with Gasteiger partial charge in [0.25, 0.3) is 0 Å². The minimum absolute atomic E-state index is 0.0638. The van der Waals surface area contributed by atoms with E-state index in [1.165, 1.54) is 44.3 Å². The van der Waals surface area contributed by atoms with Gasteiger partial charge in [-0.05, 0) is 89.3 Å². The van der Waals surface area contributed by atoms with Crippen molar-refractivity contribution in [1.29, 1.82) is 0 Å². The van der Waals surface area contributed by atoms with Crippen LogP contribution in [0.25, 0.3) is 11.0 Å². The fourth-order valence-electron chi connectivity index (χ4n) is 5.04. The van der Waals surface area contributed by atoms with Gasteiger partial charge in [-0.15, -0.1) is 0 Å². The van der Waals surface area contributed by atoms with Gasteiger partial charge < -0.3 is 24.3 Å². The van der Waals surface area contributed by atoms with Crippen LogP contribution in [-0.4, -0.2) is 64.5 Å². The van der Waals surface area contributed by atoms with Crippen LogP contribution in [0.2, 0.25) is 0 Å². The van der Waals surface area contributed by atoms with Crippen LogP contribution in [0.5, 0.6) is 0 Å². The highest BCUT2D eigenvalue weighted by Crippen LogP contribution is 2.31. The van der Waals surface area contributed by atoms with Gasteiger partial charge in [-0.25, -0.2) is 14.4 Å². The minimum atomic E-state index is -1.26. The number of carboxylic acids is 2. The third-order valence-electron chi connectivity index (χ3n) is 7.50. The summed E-state index contributed by atoms with van der Waals surface area (Å²) in [5, 5.41) is 16.3. The monoisotopic (exact) mass is 649 g/mol. The van der Waals surface area contributed by atoms with Gasteiger partial charge in [0.15, 0.2) is 5.78 Å². The predicted molar refractivity (Wildman–Crippen MR) is 184 cm³/mol. The smallest absolute Gasteiger partial charge is 0.338 e. The predicted octanol–water partition coefficient (Wildman–Crippen LogP) is 8.12. The number of furan rings is 1. The SMILES string of the molecule is CCCCc1oc2ccc(C(=O)OC(C)C)cc2c1C(=O)c1ccc(CCCN(CCCC)CCCC)cc1.O=C(O)/C=C/C(=O)O. The van der Waals surface area contributed by atoms with E-state index in [1.54, 1.807) is 18.2 Å². The van der Waals surface area contributed by atoms with Gasteiger partial charge in [-0.2, -0.15) is 0 Å². The van der Waals surface area contributed by atoms with E-state index in [0.29, 0.717) is 52.0 Å². The van der Waals surface area contributed by atoms with Crippen LogP contribution >= 0.6 is 0 Å². The molecule has 2 aromatic carbocycles. The Morgan fingerprint density at radius 1 is 0.766 bits per heavy atom. The molecule has 1 aromatic heterocycles. The summed E-state index contributed by atoms with van der Waals surface area (Å²) in [6.45, 7) is 13.7. The first-order valence-corrected chi connectivity index (χ1v) is 16.8. The number of ether oxygens (including phenoxy) is 1. The van der Waals surface area contributed by atoms with Crippen LogP contribution in [0.1, 0.15) is 117 Å². The van der Waals surface area contributed by atoms with Crippen LogP contribution in [-0.2, 0) is 27.2 Å². The summed E-state index contributed by atoms with van der Waals surface area (Å²) in [7, 11) is 0. The molecule has 3 rings (SSSR count). The van der Waals surface area contributed by atoms with Crippen LogP contribution < -0.4 is 0 Å². The number of aliphatic carboxylic acids is 2. The molecule has 0 spiro atoms. The molecule has 0 amide bonds. The van der Waals surface area contributed by atoms with E-state index in [4.69, 9.17) is 19.4 Å². The number of nitrogens with zero attached hydrogens (tertiary/aromatic N) is 1. The number of rotatable bonds is 19. The van der Waals surface area contributed by atoms with Gasteiger partial charge in [0, 0.05) is 29.5 Å². The highest BCUT2D eigenvalue weighted by atomic mass is 16.5. The largest absolute Gasteiger partial charge is 0.478 e. The second-order valence-corrected chi connectivity index (χ2v) is 11.9. The van der Waals surface area contributed by atoms with Gasteiger partial charge in [-0.1, -0.05) is 64.3 Å². The molecule has 0 unspecified atom stereocenters. The van der Waals surface area contributed by atoms with Gasteiger partial charge in [0.2, 0.25) is 0 Å². The normalized spacial score (nSPS) is 11.2. The van der Waals surface area contributed by atoms with Crippen molar-refractivity contribution in [3.8, 4) is 0 Å². The summed E-state index contributed by atoms with van der Waals surface area (Å²) in [6, 6.07) is 13.2. The van der Waals surface area contributed by atoms with Gasteiger partial charge in [0.1, 0.15) is 11.3 Å². The summed E-state index contributed by atoms with van der Waals surface area (Å²) < 4.78 is 11.5. The zero-order valence-corrected chi connectivity index (χ0v) is 28.5. The number of carbonyl (C=O) groups is 4. The lowest BCUT2D eigenvalue weighted by atomic mass is 9.96. The van der Waals surface area contributed by atoms with E-state index in [2.05, 4.69) is 37.8 Å². The molecule has 47 heavy (non-hydrogen) atoms. The van der Waals surface area contributed by atoms with Crippen molar-refractivity contribution in [2.45, 2.75) is 98.5 Å². The van der Waals surface area contributed by atoms with Crippen molar-refractivity contribution in [3.63, 3.8) is 0 Å². The number of hydrogen-bond acceptors (Lipinski definition) is 7. The zero-order chi connectivity index (χ0) is 34.8. The van der Waals surface area contributed by atoms with Crippen molar-refractivity contribution in [2.24, 2.45) is 0 Å². The van der Waals surface area contributed by atoms with Crippen molar-refractivity contribution < 1.29 is 38.5 Å². The first kappa shape index (κ1) is 38.9. The highest BCUT2D eigenvalue weighted by Gasteiger charge is 2.23. The molecule has 0 fully saturated rings. The van der Waals surface area contributed by atoms with E-state index < -0.39 is 17.9 Å². The third-order valence-corrected chi connectivity index (χ3v) is 7.50. The standard InChI is InChI=1S/C34H47NO4.C4H4O4/c1-6-9-14-31-32(29-24-28(19-20-30(29)39-31)34(37)38-25(4)5)33(36)27-17-15-26(16-18-27)13-12-23-35(21-10-7-2)22-11-8-3;5-3(6)1-2-4(7)8/h15-20,24-25H,6-14,21-23H2,1-5H3;1-2H,(H,5,6)(H,7,8)/b;2-1+. The number of carbonyl (C=O) groups excluding carboxylic acids is 2. The fraction of sp³-hybridized carbons (Fsp3) is 0.474. The van der Waals surface area contributed by atoms with E-state index >= 15 is 0 Å². The molecule has 0 saturated carbocycles. The van der Waals surface area contributed by atoms with Crippen LogP contribution in [0.3, 0.4) is 0 Å².